The van der Waals surface area contributed by atoms with Gasteiger partial charge in [0.15, 0.2) is 0 Å². The first-order chi connectivity index (χ1) is 6.58. The Labute approximate surface area is 82.5 Å². The minimum Gasteiger partial charge on any atom is -0.370 e. The molecule has 1 aromatic rings. The third-order valence-corrected chi connectivity index (χ3v) is 1.79. The highest BCUT2D eigenvalue weighted by Gasteiger charge is 2.06. The van der Waals surface area contributed by atoms with Gasteiger partial charge in [-0.05, 0) is 6.92 Å². The number of aromatic nitrogens is 3. The molecule has 0 aromatic carbocycles. The van der Waals surface area contributed by atoms with Crippen molar-refractivity contribution in [1.82, 2.24) is 20.3 Å². The predicted octanol–water partition coefficient (Wildman–Crippen LogP) is -0.831. The minimum atomic E-state index is -0.302. The van der Waals surface area contributed by atoms with Crippen LogP contribution in [0.4, 0.5) is 0 Å². The molecule has 1 unspecified atom stereocenters. The summed E-state index contributed by atoms with van der Waals surface area (Å²) in [5.74, 6) is -0.302. The predicted molar refractivity (Wildman–Crippen MR) is 51.1 cm³/mol. The zero-order valence-corrected chi connectivity index (χ0v) is 8.40. The lowest BCUT2D eigenvalue weighted by Gasteiger charge is -2.09. The van der Waals surface area contributed by atoms with Crippen molar-refractivity contribution >= 4 is 5.91 Å². The molecule has 1 amide bonds. The average molecular weight is 197 g/mol. The summed E-state index contributed by atoms with van der Waals surface area (Å²) in [5.41, 5.74) is 5.91. The zero-order valence-electron chi connectivity index (χ0n) is 8.40. The largest absolute Gasteiger partial charge is 0.370 e. The van der Waals surface area contributed by atoms with E-state index in [4.69, 9.17) is 5.73 Å². The number of aryl methyl sites for hydroxylation is 1. The van der Waals surface area contributed by atoms with E-state index < -0.39 is 0 Å². The number of primary amides is 1. The highest BCUT2D eigenvalue weighted by Crippen LogP contribution is 1.94. The van der Waals surface area contributed by atoms with Crippen molar-refractivity contribution < 1.29 is 4.79 Å². The molecule has 78 valence electrons. The molecule has 3 N–H and O–H groups in total. The van der Waals surface area contributed by atoms with Crippen LogP contribution in [0.25, 0.3) is 0 Å². The average Bonchev–Trinajstić information content (AvgIpc) is 2.47. The fraction of sp³-hybridized carbons (Fsp3) is 0.625. The maximum Gasteiger partial charge on any atom is 0.218 e. The van der Waals surface area contributed by atoms with Crippen molar-refractivity contribution in [1.29, 1.82) is 0 Å². The van der Waals surface area contributed by atoms with Crippen LogP contribution in [0.3, 0.4) is 0 Å². The molecule has 1 aromatic heterocycles. The number of rotatable bonds is 5. The van der Waals surface area contributed by atoms with Crippen LogP contribution >= 0.6 is 0 Å². The monoisotopic (exact) mass is 197 g/mol. The van der Waals surface area contributed by atoms with Gasteiger partial charge in [0.25, 0.3) is 0 Å². The Kier molecular flexibility index (Phi) is 3.58. The maximum atomic E-state index is 10.6. The Balaban J connectivity index is 2.30. The lowest BCUT2D eigenvalue weighted by atomic mass is 10.2. The van der Waals surface area contributed by atoms with Crippen molar-refractivity contribution in [2.75, 3.05) is 0 Å². The fourth-order valence-electron chi connectivity index (χ4n) is 1.13. The molecule has 0 aliphatic rings. The number of hydrogen-bond donors (Lipinski definition) is 2. The Hall–Kier alpha value is -1.43. The van der Waals surface area contributed by atoms with Gasteiger partial charge in [-0.25, -0.2) is 0 Å². The summed E-state index contributed by atoms with van der Waals surface area (Å²) in [5, 5.41) is 10.8. The van der Waals surface area contributed by atoms with E-state index in [0.717, 1.165) is 5.69 Å². The summed E-state index contributed by atoms with van der Waals surface area (Å²) in [4.78, 5) is 10.6. The van der Waals surface area contributed by atoms with E-state index in [-0.39, 0.29) is 11.9 Å². The van der Waals surface area contributed by atoms with Gasteiger partial charge in [-0.2, -0.15) is 0 Å². The minimum absolute atomic E-state index is 0.0644. The maximum absolute atomic E-state index is 10.6. The Bertz CT molecular complexity index is 308. The highest BCUT2D eigenvalue weighted by atomic mass is 16.1. The third kappa shape index (κ3) is 3.53. The van der Waals surface area contributed by atoms with E-state index in [1.54, 1.807) is 4.68 Å². The van der Waals surface area contributed by atoms with Gasteiger partial charge in [-0.1, -0.05) is 5.21 Å². The van der Waals surface area contributed by atoms with Gasteiger partial charge in [-0.3, -0.25) is 9.48 Å². The van der Waals surface area contributed by atoms with Crippen molar-refractivity contribution in [3.8, 4) is 0 Å². The molecule has 1 rings (SSSR count). The molecule has 0 saturated heterocycles. The van der Waals surface area contributed by atoms with Gasteiger partial charge in [-0.15, -0.1) is 5.10 Å². The van der Waals surface area contributed by atoms with Crippen molar-refractivity contribution in [3.05, 3.63) is 11.9 Å². The van der Waals surface area contributed by atoms with Crippen LogP contribution in [-0.4, -0.2) is 26.9 Å². The van der Waals surface area contributed by atoms with Crippen molar-refractivity contribution in [2.45, 2.75) is 25.9 Å². The second-order valence-electron chi connectivity index (χ2n) is 3.34. The standard InChI is InChI=1S/C8H15N5O/c1-6(3-8(9)14)10-4-7-5-13(2)12-11-7/h5-6,10H,3-4H2,1-2H3,(H2,9,14). The van der Waals surface area contributed by atoms with Crippen molar-refractivity contribution in [2.24, 2.45) is 12.8 Å². The molecule has 0 aliphatic heterocycles. The molecule has 0 aliphatic carbocycles. The lowest BCUT2D eigenvalue weighted by molar-refractivity contribution is -0.118. The molecule has 1 atom stereocenters. The Morgan fingerprint density at radius 2 is 2.50 bits per heavy atom. The van der Waals surface area contributed by atoms with Crippen LogP contribution in [0.1, 0.15) is 19.0 Å². The zero-order chi connectivity index (χ0) is 10.6. The van der Waals surface area contributed by atoms with E-state index in [2.05, 4.69) is 15.6 Å². The Morgan fingerprint density at radius 1 is 1.79 bits per heavy atom. The molecule has 1 heterocycles. The number of carbonyl (C=O) groups is 1. The first kappa shape index (κ1) is 10.6. The summed E-state index contributed by atoms with van der Waals surface area (Å²) in [6, 6.07) is 0.0644. The lowest BCUT2D eigenvalue weighted by Crippen LogP contribution is -2.30. The first-order valence-corrected chi connectivity index (χ1v) is 4.45. The summed E-state index contributed by atoms with van der Waals surface area (Å²) < 4.78 is 1.63. The topological polar surface area (TPSA) is 85.8 Å². The second kappa shape index (κ2) is 4.71. The normalized spacial score (nSPS) is 12.7. The molecule has 14 heavy (non-hydrogen) atoms. The molecule has 0 spiro atoms. The summed E-state index contributed by atoms with van der Waals surface area (Å²) in [7, 11) is 1.81. The SMILES string of the molecule is CC(CC(N)=O)NCc1cn(C)nn1. The molecular formula is C8H15N5O. The number of hydrogen-bond acceptors (Lipinski definition) is 4. The molecule has 0 fully saturated rings. The van der Waals surface area contributed by atoms with Crippen LogP contribution in [0.5, 0.6) is 0 Å². The summed E-state index contributed by atoms with van der Waals surface area (Å²) >= 11 is 0. The number of nitrogens with zero attached hydrogens (tertiary/aromatic N) is 3. The van der Waals surface area contributed by atoms with Crippen LogP contribution in [-0.2, 0) is 18.4 Å². The molecule has 0 saturated carbocycles. The number of amides is 1. The van der Waals surface area contributed by atoms with Gasteiger partial charge >= 0.3 is 0 Å². The van der Waals surface area contributed by atoms with Gasteiger partial charge < -0.3 is 11.1 Å². The molecule has 0 radical (unpaired) electrons. The second-order valence-corrected chi connectivity index (χ2v) is 3.34. The molecule has 0 bridgehead atoms. The van der Waals surface area contributed by atoms with Crippen LogP contribution in [0, 0.1) is 0 Å². The van der Waals surface area contributed by atoms with E-state index in [0.29, 0.717) is 13.0 Å². The van der Waals surface area contributed by atoms with Gasteiger partial charge in [0.1, 0.15) is 0 Å². The van der Waals surface area contributed by atoms with Crippen LogP contribution in [0.2, 0.25) is 0 Å². The highest BCUT2D eigenvalue weighted by molar-refractivity contribution is 5.74. The van der Waals surface area contributed by atoms with E-state index >= 15 is 0 Å². The quantitative estimate of drug-likeness (QED) is 0.645. The van der Waals surface area contributed by atoms with Crippen LogP contribution in [0.15, 0.2) is 6.20 Å². The van der Waals surface area contributed by atoms with E-state index in [9.17, 15) is 4.79 Å². The van der Waals surface area contributed by atoms with Crippen LogP contribution < -0.4 is 11.1 Å². The fourth-order valence-corrected chi connectivity index (χ4v) is 1.13. The summed E-state index contributed by atoms with van der Waals surface area (Å²) in [6.45, 7) is 2.50. The molecule has 6 heteroatoms. The van der Waals surface area contributed by atoms with Gasteiger partial charge in [0.05, 0.1) is 5.69 Å². The molecular weight excluding hydrogens is 182 g/mol. The number of nitrogens with two attached hydrogens (primary N) is 1. The summed E-state index contributed by atoms with van der Waals surface area (Å²) in [6.07, 6.45) is 2.16. The number of nitrogens with one attached hydrogen (secondary N) is 1. The Morgan fingerprint density at radius 3 is 3.00 bits per heavy atom. The van der Waals surface area contributed by atoms with Gasteiger partial charge in [0, 0.05) is 32.3 Å². The van der Waals surface area contributed by atoms with Gasteiger partial charge in [0.2, 0.25) is 5.91 Å². The van der Waals surface area contributed by atoms with Crippen molar-refractivity contribution in [3.63, 3.8) is 0 Å². The van der Waals surface area contributed by atoms with E-state index in [1.165, 1.54) is 0 Å². The smallest absolute Gasteiger partial charge is 0.218 e. The third-order valence-electron chi connectivity index (χ3n) is 1.79. The molecule has 6 nitrogen and oxygen atoms in total. The van der Waals surface area contributed by atoms with E-state index in [1.807, 2.05) is 20.2 Å². The first-order valence-electron chi connectivity index (χ1n) is 4.45. The number of carbonyl (C=O) groups excluding carboxylic acids is 1.